The number of hydrogen-bond acceptors (Lipinski definition) is 2. The molecule has 2 aromatic carbocycles. The van der Waals surface area contributed by atoms with E-state index in [0.717, 1.165) is 27.8 Å². The van der Waals surface area contributed by atoms with Crippen LogP contribution < -0.4 is 0 Å². The zero-order valence-corrected chi connectivity index (χ0v) is 15.7. The van der Waals surface area contributed by atoms with Gasteiger partial charge in [0.1, 0.15) is 5.76 Å². The molecule has 0 spiro atoms. The second kappa shape index (κ2) is 6.57. The number of aliphatic hydroxyl groups excluding tert-OH is 1. The van der Waals surface area contributed by atoms with Gasteiger partial charge in [-0.25, -0.2) is 0 Å². The molecule has 1 N–H and O–H groups in total. The average molecular weight is 356 g/mol. The number of aliphatic hydroxyl groups is 1. The van der Waals surface area contributed by atoms with Gasteiger partial charge in [0, 0.05) is 11.1 Å². The van der Waals surface area contributed by atoms with Crippen molar-refractivity contribution >= 4 is 23.1 Å². The number of benzene rings is 2. The van der Waals surface area contributed by atoms with E-state index in [1.165, 1.54) is 0 Å². The first-order chi connectivity index (χ1) is 11.8. The van der Waals surface area contributed by atoms with Gasteiger partial charge in [-0.2, -0.15) is 0 Å². The Balaban J connectivity index is 2.06. The lowest BCUT2D eigenvalue weighted by Gasteiger charge is -2.21. The summed E-state index contributed by atoms with van der Waals surface area (Å²) in [6.45, 7) is 8.15. The van der Waals surface area contributed by atoms with E-state index in [2.05, 4.69) is 12.1 Å². The van der Waals surface area contributed by atoms with Crippen LogP contribution in [0.2, 0.25) is 5.02 Å². The van der Waals surface area contributed by atoms with E-state index in [1.54, 1.807) is 4.90 Å². The molecule has 0 radical (unpaired) electrons. The highest BCUT2D eigenvalue weighted by Gasteiger charge is 2.34. The van der Waals surface area contributed by atoms with Crippen LogP contribution in [0.1, 0.15) is 30.5 Å². The first-order valence-electron chi connectivity index (χ1n) is 8.40. The highest BCUT2D eigenvalue weighted by Crippen LogP contribution is 2.35. The Bertz CT molecular complexity index is 843. The van der Waals surface area contributed by atoms with Gasteiger partial charge in [0.15, 0.2) is 0 Å². The van der Waals surface area contributed by atoms with Crippen molar-refractivity contribution in [3.63, 3.8) is 0 Å². The maximum atomic E-state index is 12.7. The molecule has 3 nitrogen and oxygen atoms in total. The Morgan fingerprint density at radius 3 is 2.08 bits per heavy atom. The van der Waals surface area contributed by atoms with Crippen LogP contribution in [0, 0.1) is 13.8 Å². The zero-order valence-electron chi connectivity index (χ0n) is 14.9. The summed E-state index contributed by atoms with van der Waals surface area (Å²) in [5.41, 5.74) is 5.37. The number of rotatable bonds is 3. The van der Waals surface area contributed by atoms with E-state index in [1.807, 2.05) is 52.0 Å². The summed E-state index contributed by atoms with van der Waals surface area (Å²) in [6, 6.07) is 11.9. The highest BCUT2D eigenvalue weighted by molar-refractivity contribution is 6.30. The Labute approximate surface area is 153 Å². The lowest BCUT2D eigenvalue weighted by atomic mass is 9.91. The first kappa shape index (κ1) is 17.6. The molecule has 1 amide bonds. The van der Waals surface area contributed by atoms with Crippen LogP contribution in [0.5, 0.6) is 0 Å². The van der Waals surface area contributed by atoms with Crippen molar-refractivity contribution in [2.75, 3.05) is 6.54 Å². The Kier molecular flexibility index (Phi) is 4.61. The molecule has 0 saturated carbocycles. The molecule has 0 atom stereocenters. The number of nitrogens with zero attached hydrogens (tertiary/aromatic N) is 1. The second-order valence-electron chi connectivity index (χ2n) is 6.84. The summed E-state index contributed by atoms with van der Waals surface area (Å²) in [4.78, 5) is 14.4. The molecular weight excluding hydrogens is 334 g/mol. The SMILES string of the molecule is Cc1cc(-c2ccc(Cl)cc2)cc(C)c1C1=C(O)CN(C(C)C)C1=O. The predicted octanol–water partition coefficient (Wildman–Crippen LogP) is 5.14. The van der Waals surface area contributed by atoms with Gasteiger partial charge in [-0.05, 0) is 67.6 Å². The van der Waals surface area contributed by atoms with Crippen LogP contribution in [-0.4, -0.2) is 28.5 Å². The van der Waals surface area contributed by atoms with Gasteiger partial charge in [0.05, 0.1) is 12.1 Å². The molecule has 0 saturated heterocycles. The van der Waals surface area contributed by atoms with E-state index < -0.39 is 0 Å². The number of amides is 1. The number of carbonyl (C=O) groups is 1. The monoisotopic (exact) mass is 355 g/mol. The predicted molar refractivity (Wildman–Crippen MR) is 103 cm³/mol. The van der Waals surface area contributed by atoms with Crippen molar-refractivity contribution in [1.29, 1.82) is 0 Å². The molecule has 4 heteroatoms. The molecule has 0 aliphatic carbocycles. The number of halogens is 1. The summed E-state index contributed by atoms with van der Waals surface area (Å²) >= 11 is 5.97. The van der Waals surface area contributed by atoms with Crippen molar-refractivity contribution in [2.45, 2.75) is 33.7 Å². The van der Waals surface area contributed by atoms with E-state index in [-0.39, 0.29) is 24.3 Å². The fourth-order valence-electron chi connectivity index (χ4n) is 3.41. The van der Waals surface area contributed by atoms with Crippen LogP contribution in [0.3, 0.4) is 0 Å². The van der Waals surface area contributed by atoms with E-state index in [0.29, 0.717) is 10.6 Å². The van der Waals surface area contributed by atoms with Crippen LogP contribution in [-0.2, 0) is 4.79 Å². The quantitative estimate of drug-likeness (QED) is 0.827. The molecule has 25 heavy (non-hydrogen) atoms. The molecule has 1 aliphatic rings. The molecule has 0 unspecified atom stereocenters. The van der Waals surface area contributed by atoms with Gasteiger partial charge in [0.2, 0.25) is 0 Å². The van der Waals surface area contributed by atoms with Gasteiger partial charge in [-0.3, -0.25) is 4.79 Å². The minimum absolute atomic E-state index is 0.0566. The lowest BCUT2D eigenvalue weighted by Crippen LogP contribution is -2.33. The Morgan fingerprint density at radius 2 is 1.60 bits per heavy atom. The molecule has 1 heterocycles. The van der Waals surface area contributed by atoms with E-state index in [4.69, 9.17) is 11.6 Å². The maximum absolute atomic E-state index is 12.7. The van der Waals surface area contributed by atoms with Gasteiger partial charge < -0.3 is 10.0 Å². The molecule has 0 bridgehead atoms. The number of hydrogen-bond donors (Lipinski definition) is 1. The minimum atomic E-state index is -0.0991. The first-order valence-corrected chi connectivity index (χ1v) is 8.78. The van der Waals surface area contributed by atoms with Crippen molar-refractivity contribution < 1.29 is 9.90 Å². The van der Waals surface area contributed by atoms with Crippen LogP contribution in [0.15, 0.2) is 42.2 Å². The fraction of sp³-hybridized carbons (Fsp3) is 0.286. The topological polar surface area (TPSA) is 40.5 Å². The summed E-state index contributed by atoms with van der Waals surface area (Å²) < 4.78 is 0. The largest absolute Gasteiger partial charge is 0.510 e. The van der Waals surface area contributed by atoms with Crippen molar-refractivity contribution in [1.82, 2.24) is 4.90 Å². The second-order valence-corrected chi connectivity index (χ2v) is 7.28. The third-order valence-corrected chi connectivity index (χ3v) is 4.92. The molecule has 1 aliphatic heterocycles. The van der Waals surface area contributed by atoms with Gasteiger partial charge >= 0.3 is 0 Å². The third-order valence-electron chi connectivity index (χ3n) is 4.67. The van der Waals surface area contributed by atoms with Crippen molar-refractivity contribution in [3.05, 3.63) is 63.9 Å². The zero-order chi connectivity index (χ0) is 18.3. The normalized spacial score (nSPS) is 14.8. The lowest BCUT2D eigenvalue weighted by molar-refractivity contribution is -0.125. The van der Waals surface area contributed by atoms with Gasteiger partial charge in [-0.15, -0.1) is 0 Å². The Hall–Kier alpha value is -2.26. The standard InChI is InChI=1S/C21H22ClNO2/c1-12(2)23-11-18(24)20(21(23)25)19-13(3)9-16(10-14(19)4)15-5-7-17(22)8-6-15/h5-10,12,24H,11H2,1-4H3. The van der Waals surface area contributed by atoms with Crippen LogP contribution in [0.4, 0.5) is 0 Å². The minimum Gasteiger partial charge on any atom is -0.510 e. The van der Waals surface area contributed by atoms with E-state index in [9.17, 15) is 9.90 Å². The van der Waals surface area contributed by atoms with Crippen molar-refractivity contribution in [3.8, 4) is 11.1 Å². The number of carbonyl (C=O) groups excluding carboxylic acids is 1. The smallest absolute Gasteiger partial charge is 0.258 e. The maximum Gasteiger partial charge on any atom is 0.258 e. The molecule has 0 aromatic heterocycles. The van der Waals surface area contributed by atoms with Gasteiger partial charge in [0.25, 0.3) is 5.91 Å². The Morgan fingerprint density at radius 1 is 1.04 bits per heavy atom. The third kappa shape index (κ3) is 3.16. The average Bonchev–Trinajstić information content (AvgIpc) is 2.83. The molecule has 3 rings (SSSR count). The van der Waals surface area contributed by atoms with Crippen LogP contribution in [0.25, 0.3) is 16.7 Å². The molecular formula is C21H22ClNO2. The van der Waals surface area contributed by atoms with Crippen LogP contribution >= 0.6 is 11.6 Å². The summed E-state index contributed by atoms with van der Waals surface area (Å²) in [7, 11) is 0. The summed E-state index contributed by atoms with van der Waals surface area (Å²) in [5.74, 6) is 0.0575. The molecule has 2 aromatic rings. The highest BCUT2D eigenvalue weighted by atomic mass is 35.5. The van der Waals surface area contributed by atoms with Gasteiger partial charge in [-0.1, -0.05) is 35.9 Å². The van der Waals surface area contributed by atoms with Crippen molar-refractivity contribution in [2.24, 2.45) is 0 Å². The molecule has 130 valence electrons. The van der Waals surface area contributed by atoms with E-state index >= 15 is 0 Å². The molecule has 0 fully saturated rings. The summed E-state index contributed by atoms with van der Waals surface area (Å²) in [5, 5.41) is 11.1. The summed E-state index contributed by atoms with van der Waals surface area (Å²) in [6.07, 6.45) is 0. The number of aryl methyl sites for hydroxylation is 2. The fourth-order valence-corrected chi connectivity index (χ4v) is 3.54.